The van der Waals surface area contributed by atoms with Gasteiger partial charge in [0.05, 0.1) is 12.0 Å². The van der Waals surface area contributed by atoms with Crippen molar-refractivity contribution in [2.45, 2.75) is 37.1 Å². The third-order valence-electron chi connectivity index (χ3n) is 2.60. The lowest BCUT2D eigenvalue weighted by atomic mass is 10.2. The Kier molecular flexibility index (Phi) is 4.90. The van der Waals surface area contributed by atoms with Crippen molar-refractivity contribution in [3.63, 3.8) is 0 Å². The second-order valence-electron chi connectivity index (χ2n) is 4.55. The van der Waals surface area contributed by atoms with Gasteiger partial charge in [0.1, 0.15) is 5.76 Å². The molecule has 1 aromatic heterocycles. The van der Waals surface area contributed by atoms with E-state index >= 15 is 0 Å². The molecule has 2 aromatic rings. The smallest absolute Gasteiger partial charge is 0.113 e. The summed E-state index contributed by atoms with van der Waals surface area (Å²) in [6.45, 7) is 5.25. The fourth-order valence-corrected chi connectivity index (χ4v) is 2.38. The average molecular weight is 261 g/mol. The van der Waals surface area contributed by atoms with E-state index in [4.69, 9.17) is 4.42 Å². The van der Waals surface area contributed by atoms with Crippen LogP contribution in [-0.2, 0) is 12.3 Å². The van der Waals surface area contributed by atoms with E-state index in [2.05, 4.69) is 43.4 Å². The Labute approximate surface area is 113 Å². The number of hydrogen-bond donors (Lipinski definition) is 1. The van der Waals surface area contributed by atoms with Crippen molar-refractivity contribution in [3.05, 3.63) is 54.0 Å². The van der Waals surface area contributed by atoms with E-state index in [1.165, 1.54) is 10.5 Å². The summed E-state index contributed by atoms with van der Waals surface area (Å²) < 4.78 is 5.31. The summed E-state index contributed by atoms with van der Waals surface area (Å²) in [4.78, 5) is 1.28. The van der Waals surface area contributed by atoms with Crippen LogP contribution < -0.4 is 5.32 Å². The average Bonchev–Trinajstić information content (AvgIpc) is 2.88. The van der Waals surface area contributed by atoms with Crippen LogP contribution in [0, 0.1) is 0 Å². The van der Waals surface area contributed by atoms with Crippen molar-refractivity contribution in [3.8, 4) is 0 Å². The summed E-state index contributed by atoms with van der Waals surface area (Å²) >= 11 is 1.80. The lowest BCUT2D eigenvalue weighted by Crippen LogP contribution is -2.21. The predicted octanol–water partition coefficient (Wildman–Crippen LogP) is 4.07. The van der Waals surface area contributed by atoms with Crippen LogP contribution in [0.25, 0.3) is 0 Å². The topological polar surface area (TPSA) is 25.2 Å². The van der Waals surface area contributed by atoms with Crippen LogP contribution in [0.1, 0.15) is 25.2 Å². The maximum atomic E-state index is 5.31. The Morgan fingerprint density at radius 1 is 1.17 bits per heavy atom. The Balaban J connectivity index is 1.83. The van der Waals surface area contributed by atoms with Gasteiger partial charge in [0, 0.05) is 17.5 Å². The Morgan fingerprint density at radius 3 is 2.56 bits per heavy atom. The molecule has 0 amide bonds. The third-order valence-corrected chi connectivity index (χ3v) is 3.63. The molecule has 1 aromatic carbocycles. The molecule has 0 fully saturated rings. The van der Waals surface area contributed by atoms with Crippen molar-refractivity contribution in [1.82, 2.24) is 5.32 Å². The van der Waals surface area contributed by atoms with Crippen LogP contribution >= 0.6 is 11.8 Å². The molecule has 0 aliphatic carbocycles. The third kappa shape index (κ3) is 4.24. The highest BCUT2D eigenvalue weighted by Gasteiger charge is 1.99. The molecule has 0 spiro atoms. The van der Waals surface area contributed by atoms with E-state index < -0.39 is 0 Å². The first kappa shape index (κ1) is 13.2. The van der Waals surface area contributed by atoms with Crippen LogP contribution in [0.4, 0.5) is 0 Å². The van der Waals surface area contributed by atoms with Crippen molar-refractivity contribution >= 4 is 11.8 Å². The lowest BCUT2D eigenvalue weighted by Gasteiger charge is -2.08. The second-order valence-corrected chi connectivity index (χ2v) is 5.60. The van der Waals surface area contributed by atoms with Crippen molar-refractivity contribution in [1.29, 1.82) is 0 Å². The SMILES string of the molecule is CC(C)NCc1ccc(SCc2ccco2)cc1. The fraction of sp³-hybridized carbons (Fsp3) is 0.333. The fourth-order valence-electron chi connectivity index (χ4n) is 1.57. The van der Waals surface area contributed by atoms with Gasteiger partial charge in [0.25, 0.3) is 0 Å². The normalized spacial score (nSPS) is 11.1. The number of rotatable bonds is 6. The Hall–Kier alpha value is -1.19. The Morgan fingerprint density at radius 2 is 1.94 bits per heavy atom. The molecule has 0 aliphatic heterocycles. The Bertz CT molecular complexity index is 448. The van der Waals surface area contributed by atoms with Crippen LogP contribution in [0.2, 0.25) is 0 Å². The zero-order valence-electron chi connectivity index (χ0n) is 10.8. The van der Waals surface area contributed by atoms with E-state index in [1.807, 2.05) is 12.1 Å². The molecule has 2 nitrogen and oxygen atoms in total. The number of thioether (sulfide) groups is 1. The maximum Gasteiger partial charge on any atom is 0.113 e. The van der Waals surface area contributed by atoms with Crippen LogP contribution in [-0.4, -0.2) is 6.04 Å². The molecule has 0 atom stereocenters. The number of hydrogen-bond acceptors (Lipinski definition) is 3. The molecular weight excluding hydrogens is 242 g/mol. The van der Waals surface area contributed by atoms with Gasteiger partial charge >= 0.3 is 0 Å². The minimum atomic E-state index is 0.526. The van der Waals surface area contributed by atoms with Gasteiger partial charge in [-0.05, 0) is 29.8 Å². The summed E-state index contributed by atoms with van der Waals surface area (Å²) in [5, 5.41) is 3.41. The molecule has 0 unspecified atom stereocenters. The van der Waals surface area contributed by atoms with Crippen molar-refractivity contribution < 1.29 is 4.42 Å². The predicted molar refractivity (Wildman–Crippen MR) is 76.7 cm³/mol. The highest BCUT2D eigenvalue weighted by atomic mass is 32.2. The molecule has 18 heavy (non-hydrogen) atoms. The number of nitrogens with one attached hydrogen (secondary N) is 1. The van der Waals surface area contributed by atoms with Crippen molar-refractivity contribution in [2.24, 2.45) is 0 Å². The first-order valence-electron chi connectivity index (χ1n) is 6.21. The van der Waals surface area contributed by atoms with Crippen LogP contribution in [0.15, 0.2) is 52.0 Å². The largest absolute Gasteiger partial charge is 0.468 e. The summed E-state index contributed by atoms with van der Waals surface area (Å²) in [6.07, 6.45) is 1.72. The zero-order chi connectivity index (χ0) is 12.8. The first-order valence-corrected chi connectivity index (χ1v) is 7.20. The molecule has 0 aliphatic rings. The van der Waals surface area contributed by atoms with E-state index in [0.717, 1.165) is 18.1 Å². The highest BCUT2D eigenvalue weighted by molar-refractivity contribution is 7.98. The van der Waals surface area contributed by atoms with Gasteiger partial charge in [-0.15, -0.1) is 11.8 Å². The summed E-state index contributed by atoms with van der Waals surface area (Å²) in [6, 6.07) is 13.2. The lowest BCUT2D eigenvalue weighted by molar-refractivity contribution is 0.530. The second kappa shape index (κ2) is 6.66. The zero-order valence-corrected chi connectivity index (χ0v) is 11.7. The quantitative estimate of drug-likeness (QED) is 0.794. The molecule has 1 heterocycles. The van der Waals surface area contributed by atoms with Gasteiger partial charge < -0.3 is 9.73 Å². The molecule has 1 N–H and O–H groups in total. The van der Waals surface area contributed by atoms with E-state index in [-0.39, 0.29) is 0 Å². The monoisotopic (exact) mass is 261 g/mol. The number of benzene rings is 1. The van der Waals surface area contributed by atoms with Gasteiger partial charge in [-0.3, -0.25) is 0 Å². The molecule has 0 saturated heterocycles. The van der Waals surface area contributed by atoms with Crippen molar-refractivity contribution in [2.75, 3.05) is 0 Å². The molecule has 0 saturated carbocycles. The molecule has 96 valence electrons. The molecular formula is C15H19NOS. The summed E-state index contributed by atoms with van der Waals surface area (Å²) in [5.74, 6) is 1.90. The van der Waals surface area contributed by atoms with E-state index in [9.17, 15) is 0 Å². The number of furan rings is 1. The van der Waals surface area contributed by atoms with Gasteiger partial charge in [-0.25, -0.2) is 0 Å². The minimum absolute atomic E-state index is 0.526. The van der Waals surface area contributed by atoms with E-state index in [0.29, 0.717) is 6.04 Å². The van der Waals surface area contributed by atoms with Crippen LogP contribution in [0.3, 0.4) is 0 Å². The van der Waals surface area contributed by atoms with Gasteiger partial charge in [-0.2, -0.15) is 0 Å². The minimum Gasteiger partial charge on any atom is -0.468 e. The highest BCUT2D eigenvalue weighted by Crippen LogP contribution is 2.23. The molecule has 0 radical (unpaired) electrons. The van der Waals surface area contributed by atoms with Gasteiger partial charge in [0.2, 0.25) is 0 Å². The molecule has 3 heteroatoms. The summed E-state index contributed by atoms with van der Waals surface area (Å²) in [7, 11) is 0. The molecule has 2 rings (SSSR count). The van der Waals surface area contributed by atoms with Gasteiger partial charge in [0.15, 0.2) is 0 Å². The van der Waals surface area contributed by atoms with E-state index in [1.54, 1.807) is 18.0 Å². The summed E-state index contributed by atoms with van der Waals surface area (Å²) in [5.41, 5.74) is 1.33. The maximum absolute atomic E-state index is 5.31. The molecule has 0 bridgehead atoms. The van der Waals surface area contributed by atoms with Crippen LogP contribution in [0.5, 0.6) is 0 Å². The first-order chi connectivity index (χ1) is 8.74. The van der Waals surface area contributed by atoms with Gasteiger partial charge in [-0.1, -0.05) is 26.0 Å². The standard InChI is InChI=1S/C15H19NOS/c1-12(2)16-10-13-5-7-15(8-6-13)18-11-14-4-3-9-17-14/h3-9,12,16H,10-11H2,1-2H3.